The molecule has 0 saturated carbocycles. The largest absolute Gasteiger partial charge is 0.384 e. The zero-order valence-corrected chi connectivity index (χ0v) is 13.3. The Morgan fingerprint density at radius 1 is 1.50 bits per heavy atom. The summed E-state index contributed by atoms with van der Waals surface area (Å²) < 4.78 is 0.695. The fourth-order valence-electron chi connectivity index (χ4n) is 1.69. The van der Waals surface area contributed by atoms with E-state index in [4.69, 9.17) is 0 Å². The molecule has 0 aliphatic rings. The quantitative estimate of drug-likeness (QED) is 0.627. The van der Waals surface area contributed by atoms with Crippen LogP contribution in [-0.4, -0.2) is 16.5 Å². The van der Waals surface area contributed by atoms with Crippen molar-refractivity contribution in [1.82, 2.24) is 4.98 Å². The first-order valence-corrected chi connectivity index (χ1v) is 7.82. The average Bonchev–Trinajstić information content (AvgIpc) is 2.88. The Morgan fingerprint density at radius 3 is 2.90 bits per heavy atom. The van der Waals surface area contributed by atoms with Gasteiger partial charge in [0, 0.05) is 46.3 Å². The number of aromatic nitrogens is 1. The van der Waals surface area contributed by atoms with Gasteiger partial charge in [-0.2, -0.15) is 0 Å². The highest BCUT2D eigenvalue weighted by atomic mass is 79.9. The second kappa shape index (κ2) is 6.81. The number of nitro benzene ring substituents is 1. The molecule has 1 N–H and O–H groups in total. The highest BCUT2D eigenvalue weighted by Crippen LogP contribution is 2.27. The smallest absolute Gasteiger partial charge is 0.270 e. The minimum Gasteiger partial charge on any atom is -0.384 e. The summed E-state index contributed by atoms with van der Waals surface area (Å²) in [5, 5.41) is 15.0. The van der Waals surface area contributed by atoms with Gasteiger partial charge >= 0.3 is 0 Å². The number of hydrogen-bond donors (Lipinski definition) is 1. The molecule has 0 aliphatic heterocycles. The topological polar surface area (TPSA) is 68.1 Å². The Bertz CT molecular complexity index is 615. The molecule has 5 nitrogen and oxygen atoms in total. The highest BCUT2D eigenvalue weighted by Gasteiger charge is 2.09. The number of nitrogens with one attached hydrogen (secondary N) is 1. The summed E-state index contributed by atoms with van der Waals surface area (Å²) in [4.78, 5) is 15.9. The normalized spacial score (nSPS) is 10.5. The van der Waals surface area contributed by atoms with Crippen LogP contribution in [-0.2, 0) is 12.8 Å². The molecule has 7 heteroatoms. The number of non-ortho nitro benzene ring substituents is 1. The van der Waals surface area contributed by atoms with E-state index in [0.29, 0.717) is 4.47 Å². The van der Waals surface area contributed by atoms with Gasteiger partial charge in [0.2, 0.25) is 0 Å². The molecular weight excluding hydrogens is 342 g/mol. The first kappa shape index (κ1) is 14.9. The minimum absolute atomic E-state index is 0.0786. The maximum atomic E-state index is 10.7. The molecule has 0 unspecified atom stereocenters. The second-order valence-corrected chi connectivity index (χ2v) is 6.23. The third-order valence-electron chi connectivity index (χ3n) is 2.77. The molecule has 0 aliphatic carbocycles. The molecule has 0 bridgehead atoms. The number of hydrogen-bond acceptors (Lipinski definition) is 5. The number of thiazole rings is 1. The lowest BCUT2D eigenvalue weighted by atomic mass is 10.3. The Labute approximate surface area is 129 Å². The third kappa shape index (κ3) is 3.77. The molecule has 0 saturated heterocycles. The Balaban J connectivity index is 1.92. The fraction of sp³-hybridized carbons (Fsp3) is 0.308. The lowest BCUT2D eigenvalue weighted by Gasteiger charge is -2.07. The van der Waals surface area contributed by atoms with Gasteiger partial charge in [0.25, 0.3) is 5.69 Å². The molecule has 20 heavy (non-hydrogen) atoms. The SMILES string of the molecule is CCc1cnc(CCNc2ccc([N+](=O)[O-])cc2Br)s1. The predicted octanol–water partition coefficient (Wildman–Crippen LogP) is 4.03. The van der Waals surface area contributed by atoms with Gasteiger partial charge in [-0.15, -0.1) is 11.3 Å². The molecule has 1 aromatic heterocycles. The first-order valence-electron chi connectivity index (χ1n) is 6.21. The van der Waals surface area contributed by atoms with Crippen molar-refractivity contribution < 1.29 is 4.92 Å². The summed E-state index contributed by atoms with van der Waals surface area (Å²) in [6, 6.07) is 4.70. The highest BCUT2D eigenvalue weighted by molar-refractivity contribution is 9.10. The molecule has 2 rings (SSSR count). The summed E-state index contributed by atoms with van der Waals surface area (Å²) in [6.45, 7) is 2.86. The van der Waals surface area contributed by atoms with Crippen molar-refractivity contribution >= 4 is 38.6 Å². The van der Waals surface area contributed by atoms with E-state index in [-0.39, 0.29) is 5.69 Å². The summed E-state index contributed by atoms with van der Waals surface area (Å²) in [6.07, 6.45) is 3.77. The number of nitro groups is 1. The van der Waals surface area contributed by atoms with Crippen LogP contribution in [0, 0.1) is 10.1 Å². The molecule has 1 aromatic carbocycles. The van der Waals surface area contributed by atoms with Gasteiger partial charge in [0.1, 0.15) is 0 Å². The van der Waals surface area contributed by atoms with Crippen LogP contribution in [0.2, 0.25) is 0 Å². The minimum atomic E-state index is -0.406. The maximum Gasteiger partial charge on any atom is 0.270 e. The molecule has 0 atom stereocenters. The van der Waals surface area contributed by atoms with Gasteiger partial charge in [0.15, 0.2) is 0 Å². The average molecular weight is 356 g/mol. The molecule has 0 amide bonds. The van der Waals surface area contributed by atoms with Crippen molar-refractivity contribution in [3.8, 4) is 0 Å². The Kier molecular flexibility index (Phi) is 5.08. The zero-order valence-electron chi connectivity index (χ0n) is 10.9. The Morgan fingerprint density at radius 2 is 2.30 bits per heavy atom. The van der Waals surface area contributed by atoms with Crippen LogP contribution in [0.25, 0.3) is 0 Å². The third-order valence-corrected chi connectivity index (χ3v) is 4.63. The van der Waals surface area contributed by atoms with Gasteiger partial charge in [-0.3, -0.25) is 10.1 Å². The molecule has 0 fully saturated rings. The molecule has 106 valence electrons. The van der Waals surface area contributed by atoms with Crippen molar-refractivity contribution in [3.63, 3.8) is 0 Å². The van der Waals surface area contributed by atoms with Crippen LogP contribution >= 0.6 is 27.3 Å². The number of rotatable bonds is 6. The zero-order chi connectivity index (χ0) is 14.5. The first-order chi connectivity index (χ1) is 9.60. The van der Waals surface area contributed by atoms with Crippen LogP contribution in [0.1, 0.15) is 16.8 Å². The number of anilines is 1. The monoisotopic (exact) mass is 355 g/mol. The van der Waals surface area contributed by atoms with Crippen LogP contribution in [0.15, 0.2) is 28.9 Å². The van der Waals surface area contributed by atoms with Crippen LogP contribution in [0.3, 0.4) is 0 Å². The van der Waals surface area contributed by atoms with Gasteiger partial charge < -0.3 is 5.32 Å². The molecule has 2 aromatic rings. The van der Waals surface area contributed by atoms with E-state index in [0.717, 1.165) is 30.1 Å². The number of nitrogens with zero attached hydrogens (tertiary/aromatic N) is 2. The van der Waals surface area contributed by atoms with Crippen LogP contribution in [0.4, 0.5) is 11.4 Å². The van der Waals surface area contributed by atoms with E-state index in [1.165, 1.54) is 17.0 Å². The van der Waals surface area contributed by atoms with Gasteiger partial charge in [0.05, 0.1) is 9.93 Å². The van der Waals surface area contributed by atoms with E-state index < -0.39 is 4.92 Å². The van der Waals surface area contributed by atoms with E-state index in [2.05, 4.69) is 33.2 Å². The van der Waals surface area contributed by atoms with Gasteiger partial charge in [-0.05, 0) is 28.4 Å². The lowest BCUT2D eigenvalue weighted by molar-refractivity contribution is -0.384. The van der Waals surface area contributed by atoms with Crippen molar-refractivity contribution in [2.24, 2.45) is 0 Å². The lowest BCUT2D eigenvalue weighted by Crippen LogP contribution is -2.05. The predicted molar refractivity (Wildman–Crippen MR) is 84.5 cm³/mol. The van der Waals surface area contributed by atoms with Crippen molar-refractivity contribution in [3.05, 3.63) is 48.9 Å². The number of benzene rings is 1. The second-order valence-electron chi connectivity index (χ2n) is 4.17. The summed E-state index contributed by atoms with van der Waals surface area (Å²) in [5.41, 5.74) is 0.929. The van der Waals surface area contributed by atoms with Crippen molar-refractivity contribution in [2.75, 3.05) is 11.9 Å². The Hall–Kier alpha value is -1.47. The van der Waals surface area contributed by atoms with Crippen LogP contribution < -0.4 is 5.32 Å². The van der Waals surface area contributed by atoms with Crippen LogP contribution in [0.5, 0.6) is 0 Å². The molecule has 1 heterocycles. The van der Waals surface area contributed by atoms with E-state index in [9.17, 15) is 10.1 Å². The molecular formula is C13H14BrN3O2S. The van der Waals surface area contributed by atoms with E-state index in [1.807, 2.05) is 6.20 Å². The fourth-order valence-corrected chi connectivity index (χ4v) is 3.06. The van der Waals surface area contributed by atoms with E-state index in [1.54, 1.807) is 17.4 Å². The standard InChI is InChI=1S/C13H14BrN3O2S/c1-2-10-8-16-13(20-10)5-6-15-12-4-3-9(17(18)19)7-11(12)14/h3-4,7-8,15H,2,5-6H2,1H3. The maximum absolute atomic E-state index is 10.7. The van der Waals surface area contributed by atoms with Crippen molar-refractivity contribution in [2.45, 2.75) is 19.8 Å². The summed E-state index contributed by atoms with van der Waals surface area (Å²) >= 11 is 5.06. The number of aryl methyl sites for hydroxylation is 1. The molecule has 0 radical (unpaired) electrons. The van der Waals surface area contributed by atoms with Gasteiger partial charge in [-0.25, -0.2) is 4.98 Å². The summed E-state index contributed by atoms with van der Waals surface area (Å²) in [7, 11) is 0. The van der Waals surface area contributed by atoms with E-state index >= 15 is 0 Å². The molecule has 0 spiro atoms. The van der Waals surface area contributed by atoms with Gasteiger partial charge in [-0.1, -0.05) is 6.92 Å². The number of halogens is 1. The summed E-state index contributed by atoms with van der Waals surface area (Å²) in [5.74, 6) is 0. The van der Waals surface area contributed by atoms with Crippen molar-refractivity contribution in [1.29, 1.82) is 0 Å².